The van der Waals surface area contributed by atoms with Crippen LogP contribution in [0.15, 0.2) is 42.5 Å². The van der Waals surface area contributed by atoms with Crippen molar-refractivity contribution in [1.82, 2.24) is 0 Å². The largest absolute Gasteiger partial charge is 0.435 e. The molecule has 0 spiro atoms. The van der Waals surface area contributed by atoms with Crippen molar-refractivity contribution in [2.45, 2.75) is 6.61 Å². The lowest BCUT2D eigenvalue weighted by Crippen LogP contribution is -2.12. The molecule has 0 saturated heterocycles. The molecular formula is C14H9F4NO2. The van der Waals surface area contributed by atoms with Crippen molar-refractivity contribution in [2.24, 2.45) is 0 Å². The number of carbonyl (C=O) groups is 1. The zero-order valence-electron chi connectivity index (χ0n) is 10.4. The van der Waals surface area contributed by atoms with Crippen molar-refractivity contribution in [1.29, 1.82) is 0 Å². The number of halogens is 4. The Morgan fingerprint density at radius 3 is 2.10 bits per heavy atom. The van der Waals surface area contributed by atoms with E-state index in [4.69, 9.17) is 0 Å². The quantitative estimate of drug-likeness (QED) is 0.872. The van der Waals surface area contributed by atoms with Gasteiger partial charge in [-0.25, -0.2) is 8.78 Å². The van der Waals surface area contributed by atoms with E-state index in [1.165, 1.54) is 24.3 Å². The van der Waals surface area contributed by atoms with E-state index < -0.39 is 24.2 Å². The third-order valence-electron chi connectivity index (χ3n) is 2.46. The van der Waals surface area contributed by atoms with Crippen molar-refractivity contribution < 1.29 is 27.1 Å². The summed E-state index contributed by atoms with van der Waals surface area (Å²) >= 11 is 0. The molecule has 21 heavy (non-hydrogen) atoms. The van der Waals surface area contributed by atoms with Crippen molar-refractivity contribution in [3.63, 3.8) is 0 Å². The topological polar surface area (TPSA) is 38.3 Å². The molecule has 0 bridgehead atoms. The maximum absolute atomic E-state index is 13.0. The van der Waals surface area contributed by atoms with Gasteiger partial charge in [-0.1, -0.05) is 0 Å². The zero-order chi connectivity index (χ0) is 15.4. The number of anilines is 1. The molecule has 0 unspecified atom stereocenters. The molecule has 2 rings (SSSR count). The van der Waals surface area contributed by atoms with Crippen LogP contribution in [0, 0.1) is 11.6 Å². The number of amides is 1. The average molecular weight is 299 g/mol. The molecule has 0 fully saturated rings. The van der Waals surface area contributed by atoms with E-state index in [0.29, 0.717) is 6.07 Å². The Labute approximate surface area is 117 Å². The summed E-state index contributed by atoms with van der Waals surface area (Å²) in [4.78, 5) is 11.8. The van der Waals surface area contributed by atoms with Gasteiger partial charge in [0, 0.05) is 17.3 Å². The van der Waals surface area contributed by atoms with Crippen LogP contribution in [-0.4, -0.2) is 12.5 Å². The van der Waals surface area contributed by atoms with E-state index in [2.05, 4.69) is 10.1 Å². The minimum absolute atomic E-state index is 0.0696. The molecule has 0 radical (unpaired) electrons. The average Bonchev–Trinajstić information content (AvgIpc) is 2.39. The highest BCUT2D eigenvalue weighted by Gasteiger charge is 2.10. The Morgan fingerprint density at radius 1 is 1.00 bits per heavy atom. The Hall–Kier alpha value is -2.57. The van der Waals surface area contributed by atoms with E-state index in [-0.39, 0.29) is 17.0 Å². The number of hydrogen-bond donors (Lipinski definition) is 1. The number of ether oxygens (including phenoxy) is 1. The van der Waals surface area contributed by atoms with E-state index in [0.717, 1.165) is 12.1 Å². The summed E-state index contributed by atoms with van der Waals surface area (Å²) in [5.41, 5.74) is 0.0756. The van der Waals surface area contributed by atoms with Gasteiger partial charge in [-0.05, 0) is 36.4 Å². The first-order valence-corrected chi connectivity index (χ1v) is 5.76. The summed E-state index contributed by atoms with van der Waals surface area (Å²) in [6, 6.07) is 7.52. The number of nitrogens with one attached hydrogen (secondary N) is 1. The van der Waals surface area contributed by atoms with Crippen LogP contribution in [0.5, 0.6) is 5.75 Å². The summed E-state index contributed by atoms with van der Waals surface area (Å²) in [5, 5.41) is 2.38. The molecule has 2 aromatic carbocycles. The molecule has 3 nitrogen and oxygen atoms in total. The molecule has 0 aromatic heterocycles. The van der Waals surface area contributed by atoms with E-state index in [9.17, 15) is 22.4 Å². The predicted molar refractivity (Wildman–Crippen MR) is 67.4 cm³/mol. The van der Waals surface area contributed by atoms with Gasteiger partial charge in [0.15, 0.2) is 0 Å². The first kappa shape index (κ1) is 14.8. The van der Waals surface area contributed by atoms with Crippen molar-refractivity contribution in [3.05, 3.63) is 59.7 Å². The van der Waals surface area contributed by atoms with Crippen LogP contribution in [0.25, 0.3) is 0 Å². The number of carbonyl (C=O) groups excluding carboxylic acids is 1. The second kappa shape index (κ2) is 6.25. The predicted octanol–water partition coefficient (Wildman–Crippen LogP) is 3.82. The van der Waals surface area contributed by atoms with Gasteiger partial charge in [-0.3, -0.25) is 4.79 Å². The smallest absolute Gasteiger partial charge is 0.387 e. The summed E-state index contributed by atoms with van der Waals surface area (Å²) in [7, 11) is 0. The molecule has 0 aliphatic rings. The van der Waals surface area contributed by atoms with Crippen LogP contribution in [-0.2, 0) is 0 Å². The van der Waals surface area contributed by atoms with Crippen molar-refractivity contribution >= 4 is 11.6 Å². The minimum atomic E-state index is -2.94. The molecular weight excluding hydrogens is 290 g/mol. The fourth-order valence-electron chi connectivity index (χ4n) is 1.61. The standard InChI is InChI=1S/C14H9F4NO2/c15-9-5-8(6-10(16)7-9)13(20)19-11-1-3-12(4-2-11)21-14(17)18/h1-7,14H,(H,19,20). The van der Waals surface area contributed by atoms with Crippen LogP contribution >= 0.6 is 0 Å². The summed E-state index contributed by atoms with van der Waals surface area (Å²) < 4.78 is 54.1. The van der Waals surface area contributed by atoms with Gasteiger partial charge in [-0.15, -0.1) is 0 Å². The maximum atomic E-state index is 13.0. The van der Waals surface area contributed by atoms with Gasteiger partial charge in [-0.2, -0.15) is 8.78 Å². The molecule has 1 amide bonds. The fraction of sp³-hybridized carbons (Fsp3) is 0.0714. The van der Waals surface area contributed by atoms with Crippen LogP contribution in [0.2, 0.25) is 0 Å². The second-order valence-electron chi connectivity index (χ2n) is 4.02. The van der Waals surface area contributed by atoms with Crippen LogP contribution in [0.3, 0.4) is 0 Å². The Morgan fingerprint density at radius 2 is 1.57 bits per heavy atom. The van der Waals surface area contributed by atoms with Gasteiger partial charge in [0.05, 0.1) is 0 Å². The van der Waals surface area contributed by atoms with Crippen molar-refractivity contribution in [2.75, 3.05) is 5.32 Å². The lowest BCUT2D eigenvalue weighted by Gasteiger charge is -2.08. The lowest BCUT2D eigenvalue weighted by atomic mass is 10.2. The number of alkyl halides is 2. The van der Waals surface area contributed by atoms with Gasteiger partial charge in [0.25, 0.3) is 5.91 Å². The molecule has 0 atom stereocenters. The number of benzene rings is 2. The minimum Gasteiger partial charge on any atom is -0.435 e. The monoisotopic (exact) mass is 299 g/mol. The fourth-order valence-corrected chi connectivity index (χ4v) is 1.61. The van der Waals surface area contributed by atoms with E-state index >= 15 is 0 Å². The molecule has 0 aliphatic carbocycles. The highest BCUT2D eigenvalue weighted by molar-refractivity contribution is 6.04. The molecule has 0 aliphatic heterocycles. The maximum Gasteiger partial charge on any atom is 0.387 e. The van der Waals surface area contributed by atoms with E-state index in [1.54, 1.807) is 0 Å². The summed E-state index contributed by atoms with van der Waals surface area (Å²) in [5.74, 6) is -2.54. The third-order valence-corrected chi connectivity index (χ3v) is 2.46. The molecule has 7 heteroatoms. The van der Waals surface area contributed by atoms with Gasteiger partial charge in [0.2, 0.25) is 0 Å². The first-order valence-electron chi connectivity index (χ1n) is 5.76. The highest BCUT2D eigenvalue weighted by Crippen LogP contribution is 2.18. The zero-order valence-corrected chi connectivity index (χ0v) is 10.4. The normalized spacial score (nSPS) is 10.5. The van der Waals surface area contributed by atoms with Gasteiger partial charge >= 0.3 is 6.61 Å². The summed E-state index contributed by atoms with van der Waals surface area (Å²) in [6.07, 6.45) is 0. The van der Waals surface area contributed by atoms with Crippen molar-refractivity contribution in [3.8, 4) is 5.75 Å². The van der Waals surface area contributed by atoms with Crippen LogP contribution in [0.4, 0.5) is 23.2 Å². The Kier molecular flexibility index (Phi) is 4.42. The molecule has 0 saturated carbocycles. The first-order chi connectivity index (χ1) is 9.94. The Balaban J connectivity index is 2.08. The van der Waals surface area contributed by atoms with Gasteiger partial charge < -0.3 is 10.1 Å². The highest BCUT2D eigenvalue weighted by atomic mass is 19.3. The number of hydrogen-bond acceptors (Lipinski definition) is 2. The SMILES string of the molecule is O=C(Nc1ccc(OC(F)F)cc1)c1cc(F)cc(F)c1. The summed E-state index contributed by atoms with van der Waals surface area (Å²) in [6.45, 7) is -2.94. The molecule has 2 aromatic rings. The molecule has 0 heterocycles. The second-order valence-corrected chi connectivity index (χ2v) is 4.02. The van der Waals surface area contributed by atoms with Crippen LogP contribution < -0.4 is 10.1 Å². The van der Waals surface area contributed by atoms with Gasteiger partial charge in [0.1, 0.15) is 17.4 Å². The Bertz CT molecular complexity index is 624. The number of rotatable bonds is 4. The third kappa shape index (κ3) is 4.20. The van der Waals surface area contributed by atoms with Crippen LogP contribution in [0.1, 0.15) is 10.4 Å². The van der Waals surface area contributed by atoms with E-state index in [1.807, 2.05) is 0 Å². The molecule has 1 N–H and O–H groups in total. The molecule has 110 valence electrons. The lowest BCUT2D eigenvalue weighted by molar-refractivity contribution is -0.0498.